The van der Waals surface area contributed by atoms with E-state index in [0.717, 1.165) is 17.5 Å². The quantitative estimate of drug-likeness (QED) is 0.578. The number of anilines is 1. The molecule has 0 saturated heterocycles. The zero-order chi connectivity index (χ0) is 18.0. The normalized spacial score (nSPS) is 10.5. The van der Waals surface area contributed by atoms with Crippen molar-refractivity contribution in [2.24, 2.45) is 0 Å². The third-order valence-electron chi connectivity index (χ3n) is 3.53. The maximum absolute atomic E-state index is 13.3. The highest BCUT2D eigenvalue weighted by Gasteiger charge is 2.16. The van der Waals surface area contributed by atoms with Crippen LogP contribution in [0.15, 0.2) is 48.5 Å². The standard InChI is InChI=1S/C17H12FN3O4/c1-25-12-4-7-14-10(8-12)2-6-15(20-14)17(22)19-11-3-5-13(18)16(9-11)21(23)24/h2-9H,1H3,(H,19,22). The largest absolute Gasteiger partial charge is 0.497 e. The van der Waals surface area contributed by atoms with E-state index in [1.807, 2.05) is 0 Å². The number of carbonyl (C=O) groups is 1. The number of halogens is 1. The van der Waals surface area contributed by atoms with Gasteiger partial charge in [-0.1, -0.05) is 6.07 Å². The molecule has 8 heteroatoms. The molecule has 25 heavy (non-hydrogen) atoms. The van der Waals surface area contributed by atoms with Gasteiger partial charge in [-0.05, 0) is 36.4 Å². The first-order valence-electron chi connectivity index (χ1n) is 7.18. The second kappa shape index (κ2) is 6.52. The Labute approximate surface area is 141 Å². The Kier molecular flexibility index (Phi) is 4.25. The van der Waals surface area contributed by atoms with Crippen molar-refractivity contribution in [2.75, 3.05) is 12.4 Å². The van der Waals surface area contributed by atoms with Crippen molar-refractivity contribution in [2.45, 2.75) is 0 Å². The number of hydrogen-bond acceptors (Lipinski definition) is 5. The van der Waals surface area contributed by atoms with Crippen molar-refractivity contribution in [3.05, 3.63) is 70.2 Å². The number of rotatable bonds is 4. The van der Waals surface area contributed by atoms with Gasteiger partial charge in [0.2, 0.25) is 5.82 Å². The van der Waals surface area contributed by atoms with Gasteiger partial charge >= 0.3 is 5.69 Å². The van der Waals surface area contributed by atoms with Crippen LogP contribution in [0.1, 0.15) is 10.5 Å². The van der Waals surface area contributed by atoms with Gasteiger partial charge < -0.3 is 10.1 Å². The predicted molar refractivity (Wildman–Crippen MR) is 89.3 cm³/mol. The highest BCUT2D eigenvalue weighted by Crippen LogP contribution is 2.23. The minimum absolute atomic E-state index is 0.106. The number of benzene rings is 2. The molecule has 3 aromatic rings. The molecule has 2 aromatic carbocycles. The number of nitro benzene ring substituents is 1. The van der Waals surface area contributed by atoms with Gasteiger partial charge in [0, 0.05) is 17.1 Å². The minimum Gasteiger partial charge on any atom is -0.497 e. The van der Waals surface area contributed by atoms with Crippen LogP contribution in [0, 0.1) is 15.9 Å². The van der Waals surface area contributed by atoms with E-state index in [-0.39, 0.29) is 11.4 Å². The van der Waals surface area contributed by atoms with Crippen molar-refractivity contribution < 1.29 is 18.8 Å². The van der Waals surface area contributed by atoms with E-state index in [9.17, 15) is 19.3 Å². The summed E-state index contributed by atoms with van der Waals surface area (Å²) in [4.78, 5) is 26.4. The molecule has 1 aromatic heterocycles. The molecule has 1 heterocycles. The van der Waals surface area contributed by atoms with Crippen molar-refractivity contribution >= 4 is 28.2 Å². The second-order valence-electron chi connectivity index (χ2n) is 5.13. The summed E-state index contributed by atoms with van der Waals surface area (Å²) in [5.41, 5.74) is 0.120. The van der Waals surface area contributed by atoms with Gasteiger partial charge in [0.05, 0.1) is 17.5 Å². The van der Waals surface area contributed by atoms with Crippen LogP contribution in [0.25, 0.3) is 10.9 Å². The van der Waals surface area contributed by atoms with E-state index in [1.54, 1.807) is 31.4 Å². The monoisotopic (exact) mass is 341 g/mol. The van der Waals surface area contributed by atoms with Crippen LogP contribution < -0.4 is 10.1 Å². The Morgan fingerprint density at radius 2 is 2.00 bits per heavy atom. The Hall–Kier alpha value is -3.55. The smallest absolute Gasteiger partial charge is 0.306 e. The fraction of sp³-hybridized carbons (Fsp3) is 0.0588. The van der Waals surface area contributed by atoms with Crippen LogP contribution in [0.3, 0.4) is 0 Å². The van der Waals surface area contributed by atoms with Crippen LogP contribution in [0.5, 0.6) is 5.75 Å². The average molecular weight is 341 g/mol. The third-order valence-corrected chi connectivity index (χ3v) is 3.53. The maximum Gasteiger partial charge on any atom is 0.306 e. The van der Waals surface area contributed by atoms with Crippen molar-refractivity contribution in [3.8, 4) is 5.75 Å². The number of fused-ring (bicyclic) bond motifs is 1. The fourth-order valence-electron chi connectivity index (χ4n) is 2.28. The van der Waals surface area contributed by atoms with Gasteiger partial charge in [0.25, 0.3) is 5.91 Å². The number of hydrogen-bond donors (Lipinski definition) is 1. The molecule has 1 amide bonds. The molecule has 3 rings (SSSR count). The molecule has 0 bridgehead atoms. The molecule has 126 valence electrons. The first-order valence-corrected chi connectivity index (χ1v) is 7.18. The first-order chi connectivity index (χ1) is 12.0. The molecular formula is C17H12FN3O4. The summed E-state index contributed by atoms with van der Waals surface area (Å²) in [5.74, 6) is -0.857. The van der Waals surface area contributed by atoms with Gasteiger partial charge in [-0.2, -0.15) is 4.39 Å². The molecule has 1 N–H and O–H groups in total. The summed E-state index contributed by atoms with van der Waals surface area (Å²) in [5, 5.41) is 14.0. The van der Waals surface area contributed by atoms with E-state index in [4.69, 9.17) is 4.74 Å². The van der Waals surface area contributed by atoms with Crippen molar-refractivity contribution in [1.82, 2.24) is 4.98 Å². The lowest BCUT2D eigenvalue weighted by Crippen LogP contribution is -2.14. The number of ether oxygens (including phenoxy) is 1. The van der Waals surface area contributed by atoms with Crippen LogP contribution in [0.2, 0.25) is 0 Å². The second-order valence-corrected chi connectivity index (χ2v) is 5.13. The number of methoxy groups -OCH3 is 1. The van der Waals surface area contributed by atoms with Gasteiger partial charge in [0.1, 0.15) is 11.4 Å². The number of nitrogens with zero attached hydrogens (tertiary/aromatic N) is 2. The summed E-state index contributed by atoms with van der Waals surface area (Å²) < 4.78 is 18.5. The van der Waals surface area contributed by atoms with Crippen molar-refractivity contribution in [1.29, 1.82) is 0 Å². The lowest BCUT2D eigenvalue weighted by atomic mass is 10.2. The summed E-state index contributed by atoms with van der Waals surface area (Å²) in [6.07, 6.45) is 0. The van der Waals surface area contributed by atoms with Gasteiger partial charge in [-0.15, -0.1) is 0 Å². The number of aromatic nitrogens is 1. The van der Waals surface area contributed by atoms with Gasteiger partial charge in [-0.3, -0.25) is 14.9 Å². The Morgan fingerprint density at radius 3 is 2.72 bits per heavy atom. The topological polar surface area (TPSA) is 94.4 Å². The third kappa shape index (κ3) is 3.37. The van der Waals surface area contributed by atoms with Gasteiger partial charge in [0.15, 0.2) is 0 Å². The maximum atomic E-state index is 13.3. The average Bonchev–Trinajstić information content (AvgIpc) is 2.62. The van der Waals surface area contributed by atoms with Crippen LogP contribution in [0.4, 0.5) is 15.8 Å². The van der Waals surface area contributed by atoms with Crippen LogP contribution in [-0.4, -0.2) is 22.9 Å². The zero-order valence-corrected chi connectivity index (χ0v) is 13.0. The molecule has 0 aliphatic rings. The number of amides is 1. The Morgan fingerprint density at radius 1 is 1.20 bits per heavy atom. The van der Waals surface area contributed by atoms with Crippen LogP contribution in [-0.2, 0) is 0 Å². The highest BCUT2D eigenvalue weighted by molar-refractivity contribution is 6.04. The van der Waals surface area contributed by atoms with Gasteiger partial charge in [-0.25, -0.2) is 4.98 Å². The number of pyridine rings is 1. The molecule has 7 nitrogen and oxygen atoms in total. The number of nitrogens with one attached hydrogen (secondary N) is 1. The summed E-state index contributed by atoms with van der Waals surface area (Å²) >= 11 is 0. The molecule has 0 unspecified atom stereocenters. The zero-order valence-electron chi connectivity index (χ0n) is 13.0. The molecule has 0 atom stereocenters. The first kappa shape index (κ1) is 16.3. The molecule has 0 saturated carbocycles. The molecular weight excluding hydrogens is 329 g/mol. The minimum atomic E-state index is -0.972. The van der Waals surface area contributed by atoms with E-state index in [1.165, 1.54) is 12.1 Å². The fourth-order valence-corrected chi connectivity index (χ4v) is 2.28. The van der Waals surface area contributed by atoms with E-state index < -0.39 is 22.3 Å². The number of carbonyl (C=O) groups excluding carboxylic acids is 1. The Bertz CT molecular complexity index is 991. The summed E-state index contributed by atoms with van der Waals surface area (Å²) in [6, 6.07) is 11.6. The van der Waals surface area contributed by atoms with Crippen molar-refractivity contribution in [3.63, 3.8) is 0 Å². The predicted octanol–water partition coefficient (Wildman–Crippen LogP) is 3.54. The van der Waals surface area contributed by atoms with Crippen LogP contribution >= 0.6 is 0 Å². The molecule has 0 fully saturated rings. The van der Waals surface area contributed by atoms with E-state index in [2.05, 4.69) is 10.3 Å². The molecule has 0 spiro atoms. The molecule has 0 radical (unpaired) electrons. The highest BCUT2D eigenvalue weighted by atomic mass is 19.1. The lowest BCUT2D eigenvalue weighted by molar-refractivity contribution is -0.387. The SMILES string of the molecule is COc1ccc2nc(C(=O)Nc3ccc(F)c([N+](=O)[O-])c3)ccc2c1. The molecule has 0 aliphatic heterocycles. The van der Waals surface area contributed by atoms with E-state index >= 15 is 0 Å². The summed E-state index contributed by atoms with van der Waals surface area (Å²) in [6.45, 7) is 0. The summed E-state index contributed by atoms with van der Waals surface area (Å²) in [7, 11) is 1.55. The Balaban J connectivity index is 1.87. The number of nitro groups is 1. The van der Waals surface area contributed by atoms with E-state index in [0.29, 0.717) is 11.3 Å². The lowest BCUT2D eigenvalue weighted by Gasteiger charge is -2.07. The molecule has 0 aliphatic carbocycles.